The molecule has 2 heteroatoms. The first-order valence-corrected chi connectivity index (χ1v) is 13.5. The Morgan fingerprint density at radius 3 is 2.17 bits per heavy atom. The van der Waals surface area contributed by atoms with Crippen LogP contribution in [0.3, 0.4) is 0 Å². The van der Waals surface area contributed by atoms with Crippen LogP contribution in [0.15, 0.2) is 58.6 Å². The molecule has 0 saturated heterocycles. The maximum atomic E-state index is 5.54. The molecule has 0 bridgehead atoms. The van der Waals surface area contributed by atoms with E-state index in [2.05, 4.69) is 119 Å². The Morgan fingerprint density at radius 1 is 0.886 bits per heavy atom. The molecule has 0 amide bonds. The number of allylic oxidation sites excluding steroid dienone is 1. The SMILES string of the molecule is CC1=Cc2cc(C)cc(-c3ccc(C(C)(C)C)cc3)c2C1.COC1c2cc(C)cc(Br)c2CC1C. The maximum Gasteiger partial charge on any atom is 0.0852 e. The third-order valence-corrected chi connectivity index (χ3v) is 8.03. The maximum absolute atomic E-state index is 5.54. The summed E-state index contributed by atoms with van der Waals surface area (Å²) in [5, 5.41) is 0. The first-order chi connectivity index (χ1) is 16.5. The number of benzene rings is 3. The molecule has 2 unspecified atom stereocenters. The number of ether oxygens (including phenoxy) is 1. The molecule has 1 nitrogen and oxygen atoms in total. The lowest BCUT2D eigenvalue weighted by Crippen LogP contribution is -2.10. The Hall–Kier alpha value is -2.16. The summed E-state index contributed by atoms with van der Waals surface area (Å²) < 4.78 is 6.77. The molecular formula is C33H39BrO. The largest absolute Gasteiger partial charge is 0.376 e. The van der Waals surface area contributed by atoms with Crippen molar-refractivity contribution < 1.29 is 4.74 Å². The summed E-state index contributed by atoms with van der Waals surface area (Å²) in [4.78, 5) is 0. The van der Waals surface area contributed by atoms with E-state index < -0.39 is 0 Å². The summed E-state index contributed by atoms with van der Waals surface area (Å²) in [7, 11) is 1.80. The normalized spacial score (nSPS) is 18.5. The number of hydrogen-bond donors (Lipinski definition) is 0. The molecule has 0 saturated carbocycles. The molecular weight excluding hydrogens is 492 g/mol. The molecule has 2 aliphatic rings. The van der Waals surface area contributed by atoms with Gasteiger partial charge >= 0.3 is 0 Å². The molecule has 0 aliphatic heterocycles. The average molecular weight is 532 g/mol. The van der Waals surface area contributed by atoms with Crippen molar-refractivity contribution in [2.75, 3.05) is 7.11 Å². The van der Waals surface area contributed by atoms with E-state index in [4.69, 9.17) is 4.74 Å². The van der Waals surface area contributed by atoms with Crippen molar-refractivity contribution in [3.63, 3.8) is 0 Å². The molecule has 2 atom stereocenters. The van der Waals surface area contributed by atoms with Crippen molar-refractivity contribution in [1.29, 1.82) is 0 Å². The molecule has 35 heavy (non-hydrogen) atoms. The third-order valence-electron chi connectivity index (χ3n) is 7.33. The molecule has 3 aromatic carbocycles. The van der Waals surface area contributed by atoms with Gasteiger partial charge in [0, 0.05) is 11.6 Å². The number of methoxy groups -OCH3 is 1. The summed E-state index contributed by atoms with van der Waals surface area (Å²) in [5.74, 6) is 0.591. The summed E-state index contributed by atoms with van der Waals surface area (Å²) in [5.41, 5.74) is 14.1. The van der Waals surface area contributed by atoms with Crippen molar-refractivity contribution in [3.8, 4) is 11.1 Å². The first kappa shape index (κ1) is 25.9. The standard InChI is InChI=1S/C21H24.C12H15BrO/c1-14-10-17-11-15(2)13-20(17)19(12-14)16-6-8-18(9-7-16)21(3,4)5;1-7-4-10-9(11(13)5-7)6-8(2)12(10)14-3/h6-12H,13H2,1-5H3;4-5,8,12H,6H2,1-3H3. The molecule has 2 aliphatic carbocycles. The van der Waals surface area contributed by atoms with Crippen molar-refractivity contribution in [3.05, 3.63) is 97.5 Å². The molecule has 3 aromatic rings. The fourth-order valence-corrected chi connectivity index (χ4v) is 6.29. The predicted molar refractivity (Wildman–Crippen MR) is 154 cm³/mol. The van der Waals surface area contributed by atoms with E-state index in [-0.39, 0.29) is 11.5 Å². The van der Waals surface area contributed by atoms with E-state index in [0.29, 0.717) is 5.92 Å². The average Bonchev–Trinajstić information content (AvgIpc) is 3.31. The van der Waals surface area contributed by atoms with Crippen LogP contribution in [-0.2, 0) is 23.0 Å². The number of fused-ring (bicyclic) bond motifs is 2. The van der Waals surface area contributed by atoms with Gasteiger partial charge in [0.15, 0.2) is 0 Å². The molecule has 5 rings (SSSR count). The highest BCUT2D eigenvalue weighted by Gasteiger charge is 2.30. The van der Waals surface area contributed by atoms with Crippen molar-refractivity contribution in [1.82, 2.24) is 0 Å². The lowest BCUT2D eigenvalue weighted by molar-refractivity contribution is 0.0695. The number of halogens is 1. The highest BCUT2D eigenvalue weighted by atomic mass is 79.9. The third kappa shape index (κ3) is 5.49. The highest BCUT2D eigenvalue weighted by Crippen LogP contribution is 2.42. The van der Waals surface area contributed by atoms with Gasteiger partial charge in [-0.1, -0.05) is 97.7 Å². The number of aryl methyl sites for hydroxylation is 2. The van der Waals surface area contributed by atoms with Gasteiger partial charge in [-0.05, 0) is 101 Å². The van der Waals surface area contributed by atoms with Crippen molar-refractivity contribution >= 4 is 22.0 Å². The Balaban J connectivity index is 0.000000179. The van der Waals surface area contributed by atoms with E-state index >= 15 is 0 Å². The van der Waals surface area contributed by atoms with Gasteiger partial charge in [-0.15, -0.1) is 0 Å². The quantitative estimate of drug-likeness (QED) is 0.320. The molecule has 184 valence electrons. The number of rotatable bonds is 2. The van der Waals surface area contributed by atoms with Gasteiger partial charge < -0.3 is 4.74 Å². The summed E-state index contributed by atoms with van der Waals surface area (Å²) in [6, 6.07) is 18.2. The Kier molecular flexibility index (Phi) is 7.46. The summed E-state index contributed by atoms with van der Waals surface area (Å²) in [6.07, 6.45) is 4.82. The van der Waals surface area contributed by atoms with Gasteiger partial charge in [-0.3, -0.25) is 0 Å². The minimum Gasteiger partial charge on any atom is -0.376 e. The van der Waals surface area contributed by atoms with E-state index in [1.807, 2.05) is 0 Å². The Morgan fingerprint density at radius 2 is 1.54 bits per heavy atom. The van der Waals surface area contributed by atoms with Crippen LogP contribution in [0.5, 0.6) is 0 Å². The van der Waals surface area contributed by atoms with Crippen molar-refractivity contribution in [2.24, 2.45) is 5.92 Å². The second-order valence-electron chi connectivity index (χ2n) is 11.5. The zero-order chi connectivity index (χ0) is 25.5. The van der Waals surface area contributed by atoms with Crippen LogP contribution in [0, 0.1) is 19.8 Å². The van der Waals surface area contributed by atoms with Gasteiger partial charge in [0.05, 0.1) is 6.10 Å². The first-order valence-electron chi connectivity index (χ1n) is 12.7. The molecule has 0 radical (unpaired) electrons. The zero-order valence-electron chi connectivity index (χ0n) is 22.6. The summed E-state index contributed by atoms with van der Waals surface area (Å²) in [6.45, 7) is 15.6. The van der Waals surface area contributed by atoms with Crippen molar-refractivity contribution in [2.45, 2.75) is 72.8 Å². The van der Waals surface area contributed by atoms with Gasteiger partial charge in [0.1, 0.15) is 0 Å². The monoisotopic (exact) mass is 530 g/mol. The molecule has 0 N–H and O–H groups in total. The molecule has 0 heterocycles. The van der Waals surface area contributed by atoms with Gasteiger partial charge in [0.25, 0.3) is 0 Å². The van der Waals surface area contributed by atoms with Crippen LogP contribution in [-0.4, -0.2) is 7.11 Å². The van der Waals surface area contributed by atoms with Crippen LogP contribution in [0.25, 0.3) is 17.2 Å². The Bertz CT molecular complexity index is 1260. The molecule has 0 aromatic heterocycles. The number of hydrogen-bond acceptors (Lipinski definition) is 1. The molecule has 0 fully saturated rings. The predicted octanol–water partition coefficient (Wildman–Crippen LogP) is 9.56. The van der Waals surface area contributed by atoms with Crippen LogP contribution in [0.4, 0.5) is 0 Å². The lowest BCUT2D eigenvalue weighted by atomic mass is 9.85. The van der Waals surface area contributed by atoms with Crippen LogP contribution < -0.4 is 0 Å². The second kappa shape index (κ2) is 10.1. The van der Waals surface area contributed by atoms with Crippen LogP contribution in [0.2, 0.25) is 0 Å². The highest BCUT2D eigenvalue weighted by molar-refractivity contribution is 9.10. The minimum absolute atomic E-state index is 0.214. The summed E-state index contributed by atoms with van der Waals surface area (Å²) >= 11 is 3.63. The topological polar surface area (TPSA) is 9.23 Å². The van der Waals surface area contributed by atoms with E-state index in [0.717, 1.165) is 12.8 Å². The lowest BCUT2D eigenvalue weighted by Gasteiger charge is -2.19. The minimum atomic E-state index is 0.214. The van der Waals surface area contributed by atoms with E-state index in [9.17, 15) is 0 Å². The fourth-order valence-electron chi connectivity index (χ4n) is 5.54. The van der Waals surface area contributed by atoms with Gasteiger partial charge in [0.2, 0.25) is 0 Å². The molecule has 0 spiro atoms. The Labute approximate surface area is 220 Å². The van der Waals surface area contributed by atoms with Gasteiger partial charge in [-0.2, -0.15) is 0 Å². The van der Waals surface area contributed by atoms with Crippen LogP contribution >= 0.6 is 15.9 Å². The van der Waals surface area contributed by atoms with Gasteiger partial charge in [-0.25, -0.2) is 0 Å². The fraction of sp³-hybridized carbons (Fsp3) is 0.394. The second-order valence-corrected chi connectivity index (χ2v) is 12.4. The van der Waals surface area contributed by atoms with Crippen LogP contribution in [0.1, 0.15) is 79.7 Å². The van der Waals surface area contributed by atoms with E-state index in [1.165, 1.54) is 60.1 Å². The zero-order valence-corrected chi connectivity index (χ0v) is 24.1. The smallest absolute Gasteiger partial charge is 0.0852 e. The van der Waals surface area contributed by atoms with E-state index in [1.54, 1.807) is 7.11 Å².